The summed E-state index contributed by atoms with van der Waals surface area (Å²) in [5.41, 5.74) is 4.49. The van der Waals surface area contributed by atoms with Gasteiger partial charge >= 0.3 is 5.97 Å². The number of carboxylic acids is 1. The molecule has 3 aromatic rings. The third kappa shape index (κ3) is 2.47. The van der Waals surface area contributed by atoms with Crippen molar-refractivity contribution in [1.29, 1.82) is 5.26 Å². The quantitative estimate of drug-likeness (QED) is 0.785. The van der Waals surface area contributed by atoms with Gasteiger partial charge < -0.3 is 5.11 Å². The predicted octanol–water partition coefficient (Wildman–Crippen LogP) is 3.72. The van der Waals surface area contributed by atoms with Crippen molar-refractivity contribution < 1.29 is 9.90 Å². The van der Waals surface area contributed by atoms with E-state index in [1.54, 1.807) is 24.4 Å². The predicted molar refractivity (Wildman–Crippen MR) is 97.5 cm³/mol. The van der Waals surface area contributed by atoms with E-state index >= 15 is 0 Å². The van der Waals surface area contributed by atoms with Crippen LogP contribution in [0.15, 0.2) is 47.4 Å². The van der Waals surface area contributed by atoms with Crippen LogP contribution in [0.3, 0.4) is 0 Å². The highest BCUT2D eigenvalue weighted by Crippen LogP contribution is 2.43. The van der Waals surface area contributed by atoms with Gasteiger partial charge in [-0.2, -0.15) is 5.26 Å². The molecule has 0 amide bonds. The largest absolute Gasteiger partial charge is 0.477 e. The highest BCUT2D eigenvalue weighted by Gasteiger charge is 2.29. The topological polar surface area (TPSA) is 82.6 Å². The summed E-state index contributed by atoms with van der Waals surface area (Å²) < 4.78 is 1.46. The number of aromatic carboxylic acids is 1. The van der Waals surface area contributed by atoms with Crippen molar-refractivity contribution in [3.8, 4) is 17.2 Å². The van der Waals surface area contributed by atoms with Crippen LogP contribution in [0.1, 0.15) is 45.8 Å². The standard InChI is InChI=1S/C21H16N2O3/c1-12-16(14-4-2-13(11-22)3-5-14)8-9-23-19(12)17(15-6-7-15)10-18(20(23)24)21(25)26/h2-5,8-10,15H,6-7H2,1H3,(H,25,26). The van der Waals surface area contributed by atoms with Crippen molar-refractivity contribution in [2.45, 2.75) is 25.7 Å². The van der Waals surface area contributed by atoms with Crippen molar-refractivity contribution in [1.82, 2.24) is 4.40 Å². The minimum absolute atomic E-state index is 0.185. The summed E-state index contributed by atoms with van der Waals surface area (Å²) in [5, 5.41) is 18.3. The summed E-state index contributed by atoms with van der Waals surface area (Å²) in [7, 11) is 0. The van der Waals surface area contributed by atoms with E-state index in [4.69, 9.17) is 5.26 Å². The van der Waals surface area contributed by atoms with E-state index in [2.05, 4.69) is 6.07 Å². The first-order chi connectivity index (χ1) is 12.5. The molecular formula is C21H16N2O3. The van der Waals surface area contributed by atoms with Crippen LogP contribution >= 0.6 is 0 Å². The van der Waals surface area contributed by atoms with Crippen molar-refractivity contribution in [2.75, 3.05) is 0 Å². The maximum Gasteiger partial charge on any atom is 0.341 e. The first kappa shape index (κ1) is 16.1. The van der Waals surface area contributed by atoms with E-state index in [1.807, 2.05) is 25.1 Å². The van der Waals surface area contributed by atoms with E-state index in [0.717, 1.165) is 40.6 Å². The molecule has 26 heavy (non-hydrogen) atoms. The van der Waals surface area contributed by atoms with E-state index in [9.17, 15) is 14.7 Å². The Morgan fingerprint density at radius 2 is 1.92 bits per heavy atom. The minimum atomic E-state index is -1.19. The van der Waals surface area contributed by atoms with Crippen LogP contribution in [0.4, 0.5) is 0 Å². The normalized spacial score (nSPS) is 13.5. The zero-order valence-corrected chi connectivity index (χ0v) is 14.2. The van der Waals surface area contributed by atoms with Gasteiger partial charge in [0.25, 0.3) is 5.56 Å². The van der Waals surface area contributed by atoms with E-state index < -0.39 is 11.5 Å². The lowest BCUT2D eigenvalue weighted by Crippen LogP contribution is -2.23. The number of carbonyl (C=O) groups is 1. The van der Waals surface area contributed by atoms with Gasteiger partial charge in [-0.15, -0.1) is 0 Å². The second kappa shape index (κ2) is 5.85. The maximum absolute atomic E-state index is 12.6. The molecule has 1 aliphatic carbocycles. The van der Waals surface area contributed by atoms with Gasteiger partial charge in [0.2, 0.25) is 0 Å². The fraction of sp³-hybridized carbons (Fsp3) is 0.190. The van der Waals surface area contributed by atoms with E-state index in [-0.39, 0.29) is 5.56 Å². The molecule has 1 fully saturated rings. The molecule has 5 heteroatoms. The molecule has 0 aliphatic heterocycles. The van der Waals surface area contributed by atoms with Gasteiger partial charge in [0.05, 0.1) is 17.1 Å². The summed E-state index contributed by atoms with van der Waals surface area (Å²) in [4.78, 5) is 24.0. The molecule has 1 aromatic carbocycles. The number of fused-ring (bicyclic) bond motifs is 1. The number of rotatable bonds is 3. The van der Waals surface area contributed by atoms with Gasteiger partial charge in [-0.1, -0.05) is 12.1 Å². The molecule has 1 saturated carbocycles. The Bertz CT molecular complexity index is 1150. The van der Waals surface area contributed by atoms with Gasteiger partial charge in [0.1, 0.15) is 5.56 Å². The lowest BCUT2D eigenvalue weighted by Gasteiger charge is -2.15. The Balaban J connectivity index is 2.01. The first-order valence-electron chi connectivity index (χ1n) is 8.44. The molecule has 5 nitrogen and oxygen atoms in total. The number of carboxylic acid groups (broad SMARTS) is 1. The van der Waals surface area contributed by atoms with Crippen LogP contribution in [-0.2, 0) is 0 Å². The lowest BCUT2D eigenvalue weighted by atomic mass is 9.96. The molecule has 0 spiro atoms. The number of benzene rings is 1. The van der Waals surface area contributed by atoms with Gasteiger partial charge in [-0.05, 0) is 72.2 Å². The van der Waals surface area contributed by atoms with Crippen molar-refractivity contribution in [2.24, 2.45) is 0 Å². The number of aromatic nitrogens is 1. The van der Waals surface area contributed by atoms with Crippen LogP contribution < -0.4 is 5.56 Å². The number of hydrogen-bond donors (Lipinski definition) is 1. The van der Waals surface area contributed by atoms with Crippen LogP contribution in [0.5, 0.6) is 0 Å². The van der Waals surface area contributed by atoms with E-state index in [0.29, 0.717) is 11.5 Å². The molecule has 0 saturated heterocycles. The molecule has 0 radical (unpaired) electrons. The van der Waals surface area contributed by atoms with Crippen LogP contribution in [-0.4, -0.2) is 15.5 Å². The Labute approximate surface area is 149 Å². The average molecular weight is 344 g/mol. The van der Waals surface area contributed by atoms with Crippen molar-refractivity contribution in [3.05, 3.63) is 75.2 Å². The van der Waals surface area contributed by atoms with Crippen LogP contribution in [0, 0.1) is 18.3 Å². The first-order valence-corrected chi connectivity index (χ1v) is 8.44. The molecule has 2 heterocycles. The Kier molecular flexibility index (Phi) is 3.62. The smallest absolute Gasteiger partial charge is 0.341 e. The second-order valence-corrected chi connectivity index (χ2v) is 6.66. The number of aryl methyl sites for hydroxylation is 1. The van der Waals surface area contributed by atoms with Crippen LogP contribution in [0.25, 0.3) is 16.6 Å². The number of hydrogen-bond acceptors (Lipinski definition) is 3. The number of pyridine rings is 2. The highest BCUT2D eigenvalue weighted by atomic mass is 16.4. The average Bonchev–Trinajstić information content (AvgIpc) is 3.47. The molecular weight excluding hydrogens is 328 g/mol. The van der Waals surface area contributed by atoms with Crippen molar-refractivity contribution >= 4 is 11.5 Å². The fourth-order valence-corrected chi connectivity index (χ4v) is 3.49. The van der Waals surface area contributed by atoms with E-state index in [1.165, 1.54) is 4.40 Å². The van der Waals surface area contributed by atoms with Gasteiger partial charge in [0, 0.05) is 6.20 Å². The fourth-order valence-electron chi connectivity index (χ4n) is 3.49. The Morgan fingerprint density at radius 3 is 2.50 bits per heavy atom. The zero-order valence-electron chi connectivity index (χ0n) is 14.2. The number of nitrogens with zero attached hydrogens (tertiary/aromatic N) is 2. The molecule has 4 rings (SSSR count). The third-order valence-corrected chi connectivity index (χ3v) is 4.99. The molecule has 128 valence electrons. The highest BCUT2D eigenvalue weighted by molar-refractivity contribution is 5.89. The van der Waals surface area contributed by atoms with Gasteiger partial charge in [-0.3, -0.25) is 9.20 Å². The lowest BCUT2D eigenvalue weighted by molar-refractivity contribution is 0.0694. The van der Waals surface area contributed by atoms with Crippen molar-refractivity contribution in [3.63, 3.8) is 0 Å². The summed E-state index contributed by atoms with van der Waals surface area (Å²) in [6.07, 6.45) is 3.66. The maximum atomic E-state index is 12.6. The Hall–Kier alpha value is -3.39. The molecule has 0 unspecified atom stereocenters. The second-order valence-electron chi connectivity index (χ2n) is 6.66. The summed E-state index contributed by atoms with van der Waals surface area (Å²) >= 11 is 0. The molecule has 2 aromatic heterocycles. The molecule has 0 bridgehead atoms. The molecule has 1 aliphatic rings. The SMILES string of the molecule is Cc1c(-c2ccc(C#N)cc2)ccn2c(=O)c(C(=O)O)cc(C3CC3)c12. The zero-order chi connectivity index (χ0) is 18.4. The third-order valence-electron chi connectivity index (χ3n) is 4.99. The Morgan fingerprint density at radius 1 is 1.23 bits per heavy atom. The van der Waals surface area contributed by atoms with Gasteiger partial charge in [0.15, 0.2) is 0 Å². The molecule has 1 N–H and O–H groups in total. The minimum Gasteiger partial charge on any atom is -0.477 e. The summed E-state index contributed by atoms with van der Waals surface area (Å²) in [6.45, 7) is 1.95. The summed E-state index contributed by atoms with van der Waals surface area (Å²) in [5.74, 6) is -0.890. The number of nitriles is 1. The summed E-state index contributed by atoms with van der Waals surface area (Å²) in [6, 6.07) is 12.8. The van der Waals surface area contributed by atoms with Crippen LogP contribution in [0.2, 0.25) is 0 Å². The monoisotopic (exact) mass is 344 g/mol. The molecule has 0 atom stereocenters. The van der Waals surface area contributed by atoms with Gasteiger partial charge in [-0.25, -0.2) is 4.79 Å².